The molecular formula is C16H16F2N2O3. The minimum atomic E-state index is -1.01. The van der Waals surface area contributed by atoms with Crippen LogP contribution in [0.2, 0.25) is 0 Å². The van der Waals surface area contributed by atoms with Gasteiger partial charge in [-0.3, -0.25) is 10.1 Å². The highest BCUT2D eigenvalue weighted by Gasteiger charge is 2.17. The highest BCUT2D eigenvalue weighted by Crippen LogP contribution is 2.20. The van der Waals surface area contributed by atoms with Crippen molar-refractivity contribution >= 4 is 5.69 Å². The predicted octanol–water partition coefficient (Wildman–Crippen LogP) is 3.08. The molecule has 7 heteroatoms. The molecule has 0 spiro atoms. The van der Waals surface area contributed by atoms with E-state index in [9.17, 15) is 24.0 Å². The SMILES string of the molecule is CC(NCc1ccc([N+](=O)[O-])cc1)C(O)c1ccc(F)c(F)c1. The molecule has 0 saturated heterocycles. The van der Waals surface area contributed by atoms with Gasteiger partial charge in [-0.1, -0.05) is 18.2 Å². The maximum atomic E-state index is 13.2. The summed E-state index contributed by atoms with van der Waals surface area (Å²) in [5.41, 5.74) is 1.08. The second-order valence-electron chi connectivity index (χ2n) is 5.21. The van der Waals surface area contributed by atoms with Crippen molar-refractivity contribution < 1.29 is 18.8 Å². The van der Waals surface area contributed by atoms with Gasteiger partial charge in [-0.25, -0.2) is 8.78 Å². The summed E-state index contributed by atoms with van der Waals surface area (Å²) >= 11 is 0. The van der Waals surface area contributed by atoms with Crippen LogP contribution in [0.4, 0.5) is 14.5 Å². The molecule has 0 saturated carbocycles. The summed E-state index contributed by atoms with van der Waals surface area (Å²) < 4.78 is 26.1. The molecule has 122 valence electrons. The highest BCUT2D eigenvalue weighted by atomic mass is 19.2. The molecule has 0 radical (unpaired) electrons. The minimum Gasteiger partial charge on any atom is -0.387 e. The molecule has 0 amide bonds. The first kappa shape index (κ1) is 17.0. The van der Waals surface area contributed by atoms with Crippen molar-refractivity contribution in [2.24, 2.45) is 0 Å². The molecule has 2 N–H and O–H groups in total. The lowest BCUT2D eigenvalue weighted by molar-refractivity contribution is -0.384. The van der Waals surface area contributed by atoms with Crippen molar-refractivity contribution in [3.8, 4) is 0 Å². The fraction of sp³-hybridized carbons (Fsp3) is 0.250. The number of nitro groups is 1. The largest absolute Gasteiger partial charge is 0.387 e. The van der Waals surface area contributed by atoms with Crippen LogP contribution in [0.1, 0.15) is 24.2 Å². The normalized spacial score (nSPS) is 13.6. The number of aliphatic hydroxyl groups is 1. The van der Waals surface area contributed by atoms with E-state index in [0.29, 0.717) is 6.54 Å². The third kappa shape index (κ3) is 4.30. The van der Waals surface area contributed by atoms with Gasteiger partial charge in [-0.15, -0.1) is 0 Å². The van der Waals surface area contributed by atoms with Crippen LogP contribution in [0.25, 0.3) is 0 Å². The van der Waals surface area contributed by atoms with Gasteiger partial charge in [0.15, 0.2) is 11.6 Å². The van der Waals surface area contributed by atoms with E-state index in [1.807, 2.05) is 0 Å². The summed E-state index contributed by atoms with van der Waals surface area (Å²) in [7, 11) is 0. The van der Waals surface area contributed by atoms with E-state index in [2.05, 4.69) is 5.32 Å². The average Bonchev–Trinajstić information content (AvgIpc) is 2.54. The van der Waals surface area contributed by atoms with Gasteiger partial charge in [0.2, 0.25) is 0 Å². The summed E-state index contributed by atoms with van der Waals surface area (Å²) in [5, 5.41) is 23.8. The van der Waals surface area contributed by atoms with E-state index in [1.54, 1.807) is 19.1 Å². The van der Waals surface area contributed by atoms with Crippen LogP contribution in [0.5, 0.6) is 0 Å². The van der Waals surface area contributed by atoms with Crippen LogP contribution in [-0.2, 0) is 6.54 Å². The average molecular weight is 322 g/mol. The number of rotatable bonds is 6. The summed E-state index contributed by atoms with van der Waals surface area (Å²) in [4.78, 5) is 10.1. The quantitative estimate of drug-likeness (QED) is 0.633. The molecule has 0 heterocycles. The Bertz CT molecular complexity index is 692. The molecule has 23 heavy (non-hydrogen) atoms. The van der Waals surface area contributed by atoms with Gasteiger partial charge in [0, 0.05) is 24.7 Å². The highest BCUT2D eigenvalue weighted by molar-refractivity contribution is 5.32. The first-order chi connectivity index (χ1) is 10.9. The number of non-ortho nitro benzene ring substituents is 1. The van der Waals surface area contributed by atoms with Crippen LogP contribution in [0, 0.1) is 21.7 Å². The van der Waals surface area contributed by atoms with Gasteiger partial charge < -0.3 is 10.4 Å². The van der Waals surface area contributed by atoms with Crippen LogP contribution < -0.4 is 5.32 Å². The molecule has 0 fully saturated rings. The Labute approximate surface area is 131 Å². The van der Waals surface area contributed by atoms with E-state index in [0.717, 1.165) is 17.7 Å². The Morgan fingerprint density at radius 3 is 2.39 bits per heavy atom. The van der Waals surface area contributed by atoms with Crippen molar-refractivity contribution in [2.75, 3.05) is 0 Å². The van der Waals surface area contributed by atoms with Crippen molar-refractivity contribution in [3.63, 3.8) is 0 Å². The van der Waals surface area contributed by atoms with E-state index >= 15 is 0 Å². The maximum Gasteiger partial charge on any atom is 0.269 e. The third-order valence-electron chi connectivity index (χ3n) is 3.53. The summed E-state index contributed by atoms with van der Waals surface area (Å²) in [6.45, 7) is 2.08. The number of nitrogens with zero attached hydrogens (tertiary/aromatic N) is 1. The lowest BCUT2D eigenvalue weighted by Gasteiger charge is -2.21. The lowest BCUT2D eigenvalue weighted by Crippen LogP contribution is -2.31. The number of hydrogen-bond acceptors (Lipinski definition) is 4. The fourth-order valence-corrected chi connectivity index (χ4v) is 2.11. The molecule has 0 aromatic heterocycles. The molecule has 5 nitrogen and oxygen atoms in total. The van der Waals surface area contributed by atoms with E-state index in [4.69, 9.17) is 0 Å². The molecule has 0 bridgehead atoms. The van der Waals surface area contributed by atoms with Crippen molar-refractivity contribution in [1.29, 1.82) is 0 Å². The van der Waals surface area contributed by atoms with Crippen molar-refractivity contribution in [1.82, 2.24) is 5.32 Å². The maximum absolute atomic E-state index is 13.2. The van der Waals surface area contributed by atoms with Gasteiger partial charge in [0.1, 0.15) is 0 Å². The number of halogens is 2. The Morgan fingerprint density at radius 1 is 1.17 bits per heavy atom. The Kier molecular flexibility index (Phi) is 5.36. The minimum absolute atomic E-state index is 0.00335. The van der Waals surface area contributed by atoms with Gasteiger partial charge >= 0.3 is 0 Å². The fourth-order valence-electron chi connectivity index (χ4n) is 2.11. The molecule has 2 atom stereocenters. The van der Waals surface area contributed by atoms with Crippen LogP contribution in [-0.4, -0.2) is 16.1 Å². The zero-order valence-electron chi connectivity index (χ0n) is 12.4. The zero-order valence-corrected chi connectivity index (χ0v) is 12.4. The summed E-state index contributed by atoms with van der Waals surface area (Å²) in [5.74, 6) is -1.98. The lowest BCUT2D eigenvalue weighted by atomic mass is 10.0. The predicted molar refractivity (Wildman–Crippen MR) is 80.7 cm³/mol. The van der Waals surface area contributed by atoms with Gasteiger partial charge in [0.25, 0.3) is 5.69 Å². The number of benzene rings is 2. The molecular weight excluding hydrogens is 306 g/mol. The molecule has 2 rings (SSSR count). The van der Waals surface area contributed by atoms with Gasteiger partial charge in [0.05, 0.1) is 11.0 Å². The smallest absolute Gasteiger partial charge is 0.269 e. The summed E-state index contributed by atoms with van der Waals surface area (Å²) in [6, 6.07) is 8.86. The third-order valence-corrected chi connectivity index (χ3v) is 3.53. The van der Waals surface area contributed by atoms with Crippen molar-refractivity contribution in [2.45, 2.75) is 25.6 Å². The number of nitro benzene ring substituents is 1. The number of aliphatic hydroxyl groups excluding tert-OH is 1. The monoisotopic (exact) mass is 322 g/mol. The molecule has 2 aromatic rings. The first-order valence-corrected chi connectivity index (χ1v) is 6.98. The van der Waals surface area contributed by atoms with Crippen LogP contribution >= 0.6 is 0 Å². The molecule has 0 aliphatic rings. The van der Waals surface area contributed by atoms with Crippen LogP contribution in [0.3, 0.4) is 0 Å². The van der Waals surface area contributed by atoms with E-state index < -0.39 is 28.7 Å². The molecule has 2 aromatic carbocycles. The van der Waals surface area contributed by atoms with Gasteiger partial charge in [-0.2, -0.15) is 0 Å². The first-order valence-electron chi connectivity index (χ1n) is 6.98. The van der Waals surface area contributed by atoms with Crippen molar-refractivity contribution in [3.05, 3.63) is 75.3 Å². The second-order valence-corrected chi connectivity index (χ2v) is 5.21. The molecule has 2 unspecified atom stereocenters. The Hall–Kier alpha value is -2.38. The Morgan fingerprint density at radius 2 is 1.83 bits per heavy atom. The van der Waals surface area contributed by atoms with E-state index in [-0.39, 0.29) is 11.3 Å². The second kappa shape index (κ2) is 7.26. The number of nitrogens with one attached hydrogen (secondary N) is 1. The summed E-state index contributed by atoms with van der Waals surface area (Å²) in [6.07, 6.45) is -1.01. The standard InChI is InChI=1S/C16H16F2N2O3/c1-10(16(21)12-4-7-14(17)15(18)8-12)19-9-11-2-5-13(6-3-11)20(22)23/h2-8,10,16,19,21H,9H2,1H3. The molecule has 0 aliphatic heterocycles. The van der Waals surface area contributed by atoms with E-state index in [1.165, 1.54) is 18.2 Å². The molecule has 0 aliphatic carbocycles. The van der Waals surface area contributed by atoms with Gasteiger partial charge in [-0.05, 0) is 30.2 Å². The van der Waals surface area contributed by atoms with Crippen LogP contribution in [0.15, 0.2) is 42.5 Å². The zero-order chi connectivity index (χ0) is 17.0. The number of hydrogen-bond donors (Lipinski definition) is 2. The topological polar surface area (TPSA) is 75.4 Å². The Balaban J connectivity index is 1.96.